The van der Waals surface area contributed by atoms with Crippen molar-refractivity contribution < 1.29 is 42.1 Å². The molecule has 0 aromatic carbocycles. The lowest BCUT2D eigenvalue weighted by Gasteiger charge is -2.24. The Labute approximate surface area is 456 Å². The van der Waals surface area contributed by atoms with Crippen LogP contribution in [0.25, 0.3) is 0 Å². The molecule has 0 aromatic heterocycles. The SMILES string of the molecule is CC/C=C\C/C=C\C/C=C\C/C=C\CCC(=O)OC(COC(=O)CCCCCCCCCCCCCCCCCCCCCCCC/C=C\C/C=C\C/C=C\CCCCCCC)COP(=O)(O)OCC[N+](C)(C)C. The van der Waals surface area contributed by atoms with Crippen molar-refractivity contribution >= 4 is 19.8 Å². The van der Waals surface area contributed by atoms with E-state index in [-0.39, 0.29) is 32.0 Å². The van der Waals surface area contributed by atoms with Gasteiger partial charge >= 0.3 is 19.8 Å². The molecule has 0 fully saturated rings. The van der Waals surface area contributed by atoms with E-state index in [0.717, 1.165) is 57.8 Å². The number of rotatable bonds is 55. The van der Waals surface area contributed by atoms with E-state index < -0.39 is 26.5 Å². The second-order valence-electron chi connectivity index (χ2n) is 21.4. The molecule has 0 aliphatic rings. The second-order valence-corrected chi connectivity index (χ2v) is 22.8. The summed E-state index contributed by atoms with van der Waals surface area (Å²) in [6, 6.07) is 0. The van der Waals surface area contributed by atoms with Crippen molar-refractivity contribution in [2.75, 3.05) is 47.5 Å². The maximum atomic E-state index is 12.7. The highest BCUT2D eigenvalue weighted by atomic mass is 31.2. The number of unbranched alkanes of at least 4 members (excludes halogenated alkanes) is 27. The van der Waals surface area contributed by atoms with Crippen molar-refractivity contribution in [2.24, 2.45) is 0 Å². The predicted molar refractivity (Wildman–Crippen MR) is 316 cm³/mol. The van der Waals surface area contributed by atoms with Gasteiger partial charge in [0.1, 0.15) is 19.8 Å². The van der Waals surface area contributed by atoms with Crippen LogP contribution in [-0.4, -0.2) is 74.9 Å². The zero-order valence-electron chi connectivity index (χ0n) is 48.6. The number of quaternary nitrogens is 1. The minimum absolute atomic E-state index is 0.0171. The molecule has 2 atom stereocenters. The molecule has 0 heterocycles. The molecule has 0 amide bonds. The van der Waals surface area contributed by atoms with E-state index in [2.05, 4.69) is 86.8 Å². The van der Waals surface area contributed by atoms with E-state index in [1.165, 1.54) is 167 Å². The van der Waals surface area contributed by atoms with Crippen LogP contribution in [0.3, 0.4) is 0 Å². The molecule has 0 bridgehead atoms. The third-order valence-corrected chi connectivity index (χ3v) is 13.9. The second kappa shape index (κ2) is 55.0. The number of phosphoric acid groups is 1. The zero-order valence-corrected chi connectivity index (χ0v) is 49.5. The molecule has 74 heavy (non-hydrogen) atoms. The lowest BCUT2D eigenvalue weighted by molar-refractivity contribution is -0.870. The van der Waals surface area contributed by atoms with E-state index >= 15 is 0 Å². The fourth-order valence-corrected chi connectivity index (χ4v) is 9.01. The van der Waals surface area contributed by atoms with Crippen LogP contribution in [0.5, 0.6) is 0 Å². The van der Waals surface area contributed by atoms with Crippen molar-refractivity contribution in [1.29, 1.82) is 0 Å². The van der Waals surface area contributed by atoms with Crippen LogP contribution < -0.4 is 0 Å². The number of esters is 2. The van der Waals surface area contributed by atoms with Gasteiger partial charge < -0.3 is 18.9 Å². The molecule has 428 valence electrons. The first-order chi connectivity index (χ1) is 36.0. The fraction of sp³-hybridized carbons (Fsp3) is 0.750. The predicted octanol–water partition coefficient (Wildman–Crippen LogP) is 19.0. The minimum Gasteiger partial charge on any atom is -0.462 e. The van der Waals surface area contributed by atoms with Crippen molar-refractivity contribution in [3.05, 3.63) is 85.1 Å². The van der Waals surface area contributed by atoms with Crippen LogP contribution in [0, 0.1) is 0 Å². The summed E-state index contributed by atoms with van der Waals surface area (Å²) < 4.78 is 34.4. The zero-order chi connectivity index (χ0) is 54.2. The number of ether oxygens (including phenoxy) is 2. The Bertz CT molecular complexity index is 1520. The number of allylic oxidation sites excluding steroid dienone is 14. The maximum Gasteiger partial charge on any atom is 0.472 e. The van der Waals surface area contributed by atoms with Gasteiger partial charge in [0.15, 0.2) is 6.10 Å². The van der Waals surface area contributed by atoms with E-state index in [4.69, 9.17) is 18.5 Å². The molecule has 0 aromatic rings. The summed E-state index contributed by atoms with van der Waals surface area (Å²) in [4.78, 5) is 35.5. The summed E-state index contributed by atoms with van der Waals surface area (Å²) in [5.41, 5.74) is 0. The van der Waals surface area contributed by atoms with E-state index in [1.54, 1.807) is 0 Å². The average Bonchev–Trinajstić information content (AvgIpc) is 3.36. The van der Waals surface area contributed by atoms with Gasteiger partial charge in [0.05, 0.1) is 27.7 Å². The Balaban J connectivity index is 3.95. The summed E-state index contributed by atoms with van der Waals surface area (Å²) in [5, 5.41) is 0. The molecule has 0 rings (SSSR count). The third-order valence-electron chi connectivity index (χ3n) is 12.9. The van der Waals surface area contributed by atoms with Crippen LogP contribution in [0.15, 0.2) is 85.1 Å². The van der Waals surface area contributed by atoms with Crippen LogP contribution in [0.2, 0.25) is 0 Å². The van der Waals surface area contributed by atoms with Crippen molar-refractivity contribution in [3.63, 3.8) is 0 Å². The number of phosphoric ester groups is 1. The molecular weight excluding hydrogens is 942 g/mol. The van der Waals surface area contributed by atoms with Gasteiger partial charge in [-0.1, -0.05) is 253 Å². The van der Waals surface area contributed by atoms with Gasteiger partial charge in [-0.2, -0.15) is 0 Å². The number of carbonyl (C=O) groups excluding carboxylic acids is 2. The monoisotopic (exact) mass is 1060 g/mol. The number of hydrogen-bond donors (Lipinski definition) is 1. The Kier molecular flexibility index (Phi) is 52.9. The third kappa shape index (κ3) is 58.5. The highest BCUT2D eigenvalue weighted by Crippen LogP contribution is 2.43. The summed E-state index contributed by atoms with van der Waals surface area (Å²) in [6.07, 6.45) is 74.3. The van der Waals surface area contributed by atoms with Gasteiger partial charge in [-0.05, 0) is 77.0 Å². The molecule has 10 heteroatoms. The van der Waals surface area contributed by atoms with Gasteiger partial charge in [0, 0.05) is 12.8 Å². The van der Waals surface area contributed by atoms with Gasteiger partial charge in [0.25, 0.3) is 0 Å². The highest BCUT2D eigenvalue weighted by Gasteiger charge is 2.27. The van der Waals surface area contributed by atoms with Crippen molar-refractivity contribution in [1.82, 2.24) is 0 Å². The first-order valence-electron chi connectivity index (χ1n) is 30.3. The number of nitrogens with zero attached hydrogens (tertiary/aromatic N) is 1. The van der Waals surface area contributed by atoms with Crippen molar-refractivity contribution in [2.45, 2.75) is 264 Å². The van der Waals surface area contributed by atoms with Gasteiger partial charge in [-0.25, -0.2) is 4.57 Å². The minimum atomic E-state index is -4.40. The molecule has 0 saturated heterocycles. The standard InChI is InChI=1S/C64H114NO8P/c1-6-8-10-12-14-16-18-20-21-22-23-24-25-26-27-28-29-30-31-32-33-34-35-36-37-38-39-40-41-42-43-45-46-48-50-52-54-56-63(66)70-60-62(61-72-74(68,69)71-59-58-65(3,4)5)73-64(67)57-55-53-51-49-47-44-19-17-15-13-11-9-7-2/h9,11,15,17-18,20,22-23,25-26,44,47,51,53,62H,6-8,10,12-14,16,19,21,24,27-43,45-46,48-50,52,54-61H2,1-5H3/p+1/b11-9-,17-15-,20-18-,23-22-,26-25-,47-44-,53-51-. The maximum absolute atomic E-state index is 12.7. The largest absolute Gasteiger partial charge is 0.472 e. The summed E-state index contributed by atoms with van der Waals surface area (Å²) in [5.74, 6) is -0.889. The smallest absolute Gasteiger partial charge is 0.462 e. The Morgan fingerprint density at radius 2 is 0.797 bits per heavy atom. The molecule has 0 aliphatic carbocycles. The summed E-state index contributed by atoms with van der Waals surface area (Å²) in [6.45, 7) is 4.22. The quantitative estimate of drug-likeness (QED) is 0.0211. The highest BCUT2D eigenvalue weighted by molar-refractivity contribution is 7.47. The molecular formula is C64H115NO8P+. The molecule has 2 unspecified atom stereocenters. The summed E-state index contributed by atoms with van der Waals surface area (Å²) in [7, 11) is 1.43. The summed E-state index contributed by atoms with van der Waals surface area (Å²) >= 11 is 0. The first-order valence-corrected chi connectivity index (χ1v) is 31.8. The first kappa shape index (κ1) is 71.2. The number of carbonyl (C=O) groups is 2. The Morgan fingerprint density at radius 1 is 0.432 bits per heavy atom. The van der Waals surface area contributed by atoms with E-state index in [1.807, 2.05) is 33.3 Å². The average molecular weight is 1060 g/mol. The van der Waals surface area contributed by atoms with Gasteiger partial charge in [-0.15, -0.1) is 0 Å². The van der Waals surface area contributed by atoms with Gasteiger partial charge in [-0.3, -0.25) is 18.6 Å². The molecule has 0 radical (unpaired) electrons. The normalized spacial score (nSPS) is 13.9. The topological polar surface area (TPSA) is 108 Å². The van der Waals surface area contributed by atoms with Crippen LogP contribution in [0.1, 0.15) is 258 Å². The van der Waals surface area contributed by atoms with Crippen LogP contribution >= 0.6 is 7.82 Å². The lowest BCUT2D eigenvalue weighted by atomic mass is 10.0. The number of likely N-dealkylation sites (N-methyl/N-ethyl adjacent to an activating group) is 1. The molecule has 9 nitrogen and oxygen atoms in total. The molecule has 0 spiro atoms. The van der Waals surface area contributed by atoms with Crippen molar-refractivity contribution in [3.8, 4) is 0 Å². The fourth-order valence-electron chi connectivity index (χ4n) is 8.27. The number of hydrogen-bond acceptors (Lipinski definition) is 7. The Morgan fingerprint density at radius 3 is 1.20 bits per heavy atom. The van der Waals surface area contributed by atoms with E-state index in [9.17, 15) is 19.0 Å². The molecule has 0 aliphatic heterocycles. The van der Waals surface area contributed by atoms with Gasteiger partial charge in [0.2, 0.25) is 0 Å². The van der Waals surface area contributed by atoms with E-state index in [0.29, 0.717) is 17.4 Å². The Hall–Kier alpha value is -2.81. The molecule has 1 N–H and O–H groups in total. The van der Waals surface area contributed by atoms with Crippen LogP contribution in [-0.2, 0) is 32.7 Å². The molecule has 0 saturated carbocycles. The van der Waals surface area contributed by atoms with Crippen LogP contribution in [0.4, 0.5) is 0 Å². The lowest BCUT2D eigenvalue weighted by Crippen LogP contribution is -2.37.